The van der Waals surface area contributed by atoms with E-state index in [0.717, 1.165) is 0 Å². The zero-order chi connectivity index (χ0) is 13.4. The lowest BCUT2D eigenvalue weighted by Crippen LogP contribution is -2.19. The molecule has 0 radical (unpaired) electrons. The fourth-order valence-electron chi connectivity index (χ4n) is 1.19. The van der Waals surface area contributed by atoms with E-state index < -0.39 is 0 Å². The summed E-state index contributed by atoms with van der Waals surface area (Å²) in [6.07, 6.45) is 0. The van der Waals surface area contributed by atoms with E-state index in [-0.39, 0.29) is 12.5 Å². The summed E-state index contributed by atoms with van der Waals surface area (Å²) in [6.45, 7) is 0.731. The predicted molar refractivity (Wildman–Crippen MR) is 67.5 cm³/mol. The summed E-state index contributed by atoms with van der Waals surface area (Å²) in [5.74, 6) is -0.294. The number of benzene rings is 1. The van der Waals surface area contributed by atoms with Crippen molar-refractivity contribution in [3.8, 4) is 6.07 Å². The van der Waals surface area contributed by atoms with E-state index in [4.69, 9.17) is 26.3 Å². The van der Waals surface area contributed by atoms with Gasteiger partial charge >= 0.3 is 0 Å². The number of anilines is 1. The highest BCUT2D eigenvalue weighted by Crippen LogP contribution is 2.19. The molecular weight excluding hydrogens is 256 g/mol. The topological polar surface area (TPSA) is 71.3 Å². The van der Waals surface area contributed by atoms with E-state index in [9.17, 15) is 4.79 Å². The largest absolute Gasteiger partial charge is 0.382 e. The van der Waals surface area contributed by atoms with E-state index in [0.29, 0.717) is 29.5 Å². The maximum atomic E-state index is 11.5. The van der Waals surface area contributed by atoms with Gasteiger partial charge in [-0.3, -0.25) is 4.79 Å². The fourth-order valence-corrected chi connectivity index (χ4v) is 1.35. The normalized spacial score (nSPS) is 9.83. The zero-order valence-corrected chi connectivity index (χ0v) is 10.7. The Kier molecular flexibility index (Phi) is 6.15. The lowest BCUT2D eigenvalue weighted by Gasteiger charge is -2.06. The minimum atomic E-state index is -0.294. The number of methoxy groups -OCH3 is 1. The molecular formula is C12H13ClN2O3. The van der Waals surface area contributed by atoms with Crippen LogP contribution in [0.2, 0.25) is 5.02 Å². The molecule has 0 saturated heterocycles. The Labute approximate surface area is 110 Å². The Bertz CT molecular complexity index is 457. The molecule has 96 valence electrons. The van der Waals surface area contributed by atoms with Gasteiger partial charge < -0.3 is 14.8 Å². The van der Waals surface area contributed by atoms with E-state index >= 15 is 0 Å². The summed E-state index contributed by atoms with van der Waals surface area (Å²) < 4.78 is 9.84. The van der Waals surface area contributed by atoms with Crippen LogP contribution >= 0.6 is 11.6 Å². The average Bonchev–Trinajstić information content (AvgIpc) is 2.37. The maximum absolute atomic E-state index is 11.5. The number of nitrogens with zero attached hydrogens (tertiary/aromatic N) is 1. The third-order valence-corrected chi connectivity index (χ3v) is 2.37. The number of nitrogens with one attached hydrogen (secondary N) is 1. The van der Waals surface area contributed by atoms with Crippen LogP contribution in [0.3, 0.4) is 0 Å². The first-order chi connectivity index (χ1) is 8.67. The molecule has 0 heterocycles. The SMILES string of the molecule is COCCOCC(=O)Nc1ccc(Cl)c(C#N)c1. The van der Waals surface area contributed by atoms with Gasteiger partial charge in [0, 0.05) is 12.8 Å². The van der Waals surface area contributed by atoms with Gasteiger partial charge in [-0.05, 0) is 18.2 Å². The first kappa shape index (κ1) is 14.5. The lowest BCUT2D eigenvalue weighted by atomic mass is 10.2. The number of hydrogen-bond acceptors (Lipinski definition) is 4. The van der Waals surface area contributed by atoms with Crippen molar-refractivity contribution < 1.29 is 14.3 Å². The maximum Gasteiger partial charge on any atom is 0.250 e. The second-order valence-electron chi connectivity index (χ2n) is 3.40. The van der Waals surface area contributed by atoms with Gasteiger partial charge in [0.15, 0.2) is 0 Å². The Morgan fingerprint density at radius 2 is 2.28 bits per heavy atom. The molecule has 0 spiro atoms. The highest BCUT2D eigenvalue weighted by molar-refractivity contribution is 6.31. The molecule has 0 aliphatic heterocycles. The molecule has 6 heteroatoms. The van der Waals surface area contributed by atoms with Crippen molar-refractivity contribution >= 4 is 23.2 Å². The van der Waals surface area contributed by atoms with Crippen LogP contribution in [0.15, 0.2) is 18.2 Å². The van der Waals surface area contributed by atoms with Gasteiger partial charge in [-0.25, -0.2) is 0 Å². The first-order valence-corrected chi connectivity index (χ1v) is 5.61. The number of carbonyl (C=O) groups excluding carboxylic acids is 1. The summed E-state index contributed by atoms with van der Waals surface area (Å²) in [7, 11) is 1.56. The Hall–Kier alpha value is -1.61. The molecule has 5 nitrogen and oxygen atoms in total. The molecule has 0 aromatic heterocycles. The van der Waals surface area contributed by atoms with Crippen molar-refractivity contribution in [3.05, 3.63) is 28.8 Å². The van der Waals surface area contributed by atoms with Crippen molar-refractivity contribution in [1.29, 1.82) is 5.26 Å². The Balaban J connectivity index is 2.47. The highest BCUT2D eigenvalue weighted by atomic mass is 35.5. The van der Waals surface area contributed by atoms with Gasteiger partial charge in [-0.1, -0.05) is 11.6 Å². The third-order valence-electron chi connectivity index (χ3n) is 2.04. The smallest absolute Gasteiger partial charge is 0.250 e. The molecule has 1 aromatic rings. The van der Waals surface area contributed by atoms with E-state index in [1.807, 2.05) is 6.07 Å². The van der Waals surface area contributed by atoms with Crippen LogP contribution in [0.1, 0.15) is 5.56 Å². The molecule has 0 aliphatic carbocycles. The standard InChI is InChI=1S/C12H13ClN2O3/c1-17-4-5-18-8-12(16)15-10-2-3-11(13)9(6-10)7-14/h2-3,6H,4-5,8H2,1H3,(H,15,16). The molecule has 1 N–H and O–H groups in total. The van der Waals surface area contributed by atoms with E-state index in [1.54, 1.807) is 19.2 Å². The first-order valence-electron chi connectivity index (χ1n) is 5.23. The van der Waals surface area contributed by atoms with Crippen LogP contribution in [0.4, 0.5) is 5.69 Å². The summed E-state index contributed by atoms with van der Waals surface area (Å²) >= 11 is 5.78. The minimum Gasteiger partial charge on any atom is -0.382 e. The van der Waals surface area contributed by atoms with E-state index in [1.165, 1.54) is 6.07 Å². The van der Waals surface area contributed by atoms with Crippen LogP contribution in [-0.2, 0) is 14.3 Å². The highest BCUT2D eigenvalue weighted by Gasteiger charge is 2.05. The lowest BCUT2D eigenvalue weighted by molar-refractivity contribution is -0.121. The third kappa shape index (κ3) is 4.72. The van der Waals surface area contributed by atoms with Crippen molar-refractivity contribution in [2.24, 2.45) is 0 Å². The van der Waals surface area contributed by atoms with Gasteiger partial charge in [0.1, 0.15) is 12.7 Å². The molecule has 1 aromatic carbocycles. The summed E-state index contributed by atoms with van der Waals surface area (Å²) in [6, 6.07) is 6.63. The van der Waals surface area contributed by atoms with E-state index in [2.05, 4.69) is 5.32 Å². The van der Waals surface area contributed by atoms with Gasteiger partial charge in [0.05, 0.1) is 23.8 Å². The zero-order valence-electron chi connectivity index (χ0n) is 9.90. The average molecular weight is 269 g/mol. The molecule has 18 heavy (non-hydrogen) atoms. The van der Waals surface area contributed by atoms with Gasteiger partial charge in [0.2, 0.25) is 5.91 Å². The second kappa shape index (κ2) is 7.67. The number of hydrogen-bond donors (Lipinski definition) is 1. The number of halogens is 1. The van der Waals surface area contributed by atoms with Crippen molar-refractivity contribution in [3.63, 3.8) is 0 Å². The van der Waals surface area contributed by atoms with Gasteiger partial charge in [-0.2, -0.15) is 5.26 Å². The van der Waals surface area contributed by atoms with Crippen molar-refractivity contribution in [2.75, 3.05) is 32.2 Å². The molecule has 0 bridgehead atoms. The molecule has 0 saturated carbocycles. The summed E-state index contributed by atoms with van der Waals surface area (Å²) in [4.78, 5) is 11.5. The van der Waals surface area contributed by atoms with Crippen LogP contribution in [-0.4, -0.2) is 32.8 Å². The number of rotatable bonds is 6. The van der Waals surface area contributed by atoms with Gasteiger partial charge in [-0.15, -0.1) is 0 Å². The van der Waals surface area contributed by atoms with Crippen LogP contribution in [0.5, 0.6) is 0 Å². The molecule has 0 aliphatic rings. The quantitative estimate of drug-likeness (QED) is 0.799. The number of amides is 1. The molecule has 1 amide bonds. The molecule has 0 atom stereocenters. The number of nitriles is 1. The van der Waals surface area contributed by atoms with Gasteiger partial charge in [0.25, 0.3) is 0 Å². The van der Waals surface area contributed by atoms with Crippen LogP contribution in [0.25, 0.3) is 0 Å². The number of ether oxygens (including phenoxy) is 2. The summed E-state index contributed by atoms with van der Waals surface area (Å²) in [5, 5.41) is 11.8. The number of carbonyl (C=O) groups is 1. The van der Waals surface area contributed by atoms with Crippen LogP contribution in [0, 0.1) is 11.3 Å². The van der Waals surface area contributed by atoms with Crippen molar-refractivity contribution in [1.82, 2.24) is 0 Å². The monoisotopic (exact) mass is 268 g/mol. The fraction of sp³-hybridized carbons (Fsp3) is 0.333. The Morgan fingerprint density at radius 1 is 1.50 bits per heavy atom. The Morgan fingerprint density at radius 3 is 2.94 bits per heavy atom. The predicted octanol–water partition coefficient (Wildman–Crippen LogP) is 1.81. The molecule has 0 fully saturated rings. The van der Waals surface area contributed by atoms with Crippen LogP contribution < -0.4 is 5.32 Å². The molecule has 1 rings (SSSR count). The minimum absolute atomic E-state index is 0.0616. The molecule has 0 unspecified atom stereocenters. The summed E-state index contributed by atoms with van der Waals surface area (Å²) in [5.41, 5.74) is 0.825. The second-order valence-corrected chi connectivity index (χ2v) is 3.81. The van der Waals surface area contributed by atoms with Crippen molar-refractivity contribution in [2.45, 2.75) is 0 Å².